The summed E-state index contributed by atoms with van der Waals surface area (Å²) in [5.74, 6) is -0.315. The molecule has 94 valence electrons. The van der Waals surface area contributed by atoms with Crippen molar-refractivity contribution in [3.05, 3.63) is 26.9 Å². The van der Waals surface area contributed by atoms with Crippen LogP contribution in [-0.4, -0.2) is 24.1 Å². The largest absolute Gasteiger partial charge is 0.465 e. The molecule has 0 aliphatic carbocycles. The van der Waals surface area contributed by atoms with E-state index in [1.54, 1.807) is 13.1 Å². The molecule has 1 unspecified atom stereocenters. The highest BCUT2D eigenvalue weighted by Gasteiger charge is 2.24. The summed E-state index contributed by atoms with van der Waals surface area (Å²) in [5, 5.41) is 3.06. The summed E-state index contributed by atoms with van der Waals surface area (Å²) in [5.41, 5.74) is 0.633. The van der Waals surface area contributed by atoms with Gasteiger partial charge in [-0.2, -0.15) is 0 Å². The van der Waals surface area contributed by atoms with Crippen molar-refractivity contribution in [2.45, 2.75) is 19.9 Å². The third-order valence-electron chi connectivity index (χ3n) is 2.04. The molecule has 0 saturated heterocycles. The monoisotopic (exact) mass is 364 g/mol. The van der Waals surface area contributed by atoms with Gasteiger partial charge >= 0.3 is 5.97 Å². The van der Waals surface area contributed by atoms with Crippen molar-refractivity contribution in [1.29, 1.82) is 0 Å². The molecule has 1 aromatic rings. The number of halogens is 2. The van der Waals surface area contributed by atoms with Crippen LogP contribution in [0.15, 0.2) is 21.2 Å². The van der Waals surface area contributed by atoms with Crippen molar-refractivity contribution in [2.75, 3.05) is 13.2 Å². The van der Waals surface area contributed by atoms with Gasteiger partial charge in [0.05, 0.1) is 12.3 Å². The number of hydrogen-bond acceptors (Lipinski definition) is 4. The van der Waals surface area contributed by atoms with E-state index in [4.69, 9.17) is 4.74 Å². The number of nitrogens with one attached hydrogen (secondary N) is 1. The summed E-state index contributed by atoms with van der Waals surface area (Å²) in [6.07, 6.45) is 1.66. The molecule has 0 bridgehead atoms. The second-order valence-corrected chi connectivity index (χ2v) is 5.03. The molecule has 1 atom stereocenters. The zero-order valence-electron chi connectivity index (χ0n) is 9.67. The average molecular weight is 366 g/mol. The molecule has 6 heteroatoms. The van der Waals surface area contributed by atoms with Crippen molar-refractivity contribution >= 4 is 37.8 Å². The number of carbonyl (C=O) groups is 1. The third kappa shape index (κ3) is 4.04. The maximum Gasteiger partial charge on any atom is 0.329 e. The van der Waals surface area contributed by atoms with E-state index >= 15 is 0 Å². The Hall–Kier alpha value is -0.460. The van der Waals surface area contributed by atoms with Crippen LogP contribution in [0.25, 0.3) is 0 Å². The number of ether oxygens (including phenoxy) is 1. The van der Waals surface area contributed by atoms with Crippen LogP contribution in [-0.2, 0) is 9.53 Å². The van der Waals surface area contributed by atoms with Crippen LogP contribution in [0.1, 0.15) is 25.6 Å². The van der Waals surface area contributed by atoms with Gasteiger partial charge < -0.3 is 4.74 Å². The lowest BCUT2D eigenvalue weighted by molar-refractivity contribution is -0.146. The number of hydrogen-bond donors (Lipinski definition) is 1. The Labute approximate surface area is 117 Å². The van der Waals surface area contributed by atoms with Crippen LogP contribution >= 0.6 is 31.9 Å². The Balaban J connectivity index is 3.00. The molecule has 0 aliphatic rings. The first-order chi connectivity index (χ1) is 8.10. The molecule has 1 rings (SSSR count). The Morgan fingerprint density at radius 3 is 2.76 bits per heavy atom. The number of nitrogens with zero attached hydrogens (tertiary/aromatic N) is 1. The summed E-state index contributed by atoms with van der Waals surface area (Å²) in [6.45, 7) is 4.73. The smallest absolute Gasteiger partial charge is 0.329 e. The van der Waals surface area contributed by atoms with E-state index in [1.165, 1.54) is 0 Å². The van der Waals surface area contributed by atoms with Gasteiger partial charge in [-0.3, -0.25) is 10.3 Å². The number of pyridine rings is 1. The zero-order chi connectivity index (χ0) is 12.8. The number of rotatable bonds is 5. The lowest BCUT2D eigenvalue weighted by Gasteiger charge is -2.17. The normalized spacial score (nSPS) is 12.2. The topological polar surface area (TPSA) is 51.2 Å². The Morgan fingerprint density at radius 2 is 2.24 bits per heavy atom. The molecule has 17 heavy (non-hydrogen) atoms. The molecule has 0 fully saturated rings. The summed E-state index contributed by atoms with van der Waals surface area (Å²) in [4.78, 5) is 16.1. The second-order valence-electron chi connectivity index (χ2n) is 3.26. The highest BCUT2D eigenvalue weighted by atomic mass is 79.9. The Morgan fingerprint density at radius 1 is 1.53 bits per heavy atom. The van der Waals surface area contributed by atoms with Crippen LogP contribution in [0.4, 0.5) is 0 Å². The van der Waals surface area contributed by atoms with Crippen molar-refractivity contribution in [3.63, 3.8) is 0 Å². The van der Waals surface area contributed by atoms with Crippen molar-refractivity contribution in [1.82, 2.24) is 10.3 Å². The summed E-state index contributed by atoms with van der Waals surface area (Å²) in [7, 11) is 0. The van der Waals surface area contributed by atoms with Gasteiger partial charge in [-0.1, -0.05) is 6.92 Å². The van der Waals surface area contributed by atoms with E-state index in [0.717, 1.165) is 8.95 Å². The lowest BCUT2D eigenvalue weighted by Crippen LogP contribution is -2.31. The fourth-order valence-electron chi connectivity index (χ4n) is 1.36. The highest BCUT2D eigenvalue weighted by Crippen LogP contribution is 2.25. The molecule has 1 aromatic heterocycles. The number of aromatic nitrogens is 1. The van der Waals surface area contributed by atoms with Gasteiger partial charge in [0.1, 0.15) is 6.04 Å². The number of likely N-dealkylation sites (N-methyl/N-ethyl adjacent to an activating group) is 1. The maximum absolute atomic E-state index is 11.8. The zero-order valence-corrected chi connectivity index (χ0v) is 12.8. The third-order valence-corrected chi connectivity index (χ3v) is 3.11. The summed E-state index contributed by atoms with van der Waals surface area (Å²) in [6, 6.07) is 1.31. The number of esters is 1. The van der Waals surface area contributed by atoms with E-state index in [1.807, 2.05) is 13.0 Å². The van der Waals surface area contributed by atoms with E-state index in [0.29, 0.717) is 18.8 Å². The predicted molar refractivity (Wildman–Crippen MR) is 72.7 cm³/mol. The molecular formula is C11H14Br2N2O2. The van der Waals surface area contributed by atoms with Crippen LogP contribution in [0.5, 0.6) is 0 Å². The van der Waals surface area contributed by atoms with E-state index in [2.05, 4.69) is 42.2 Å². The van der Waals surface area contributed by atoms with Crippen molar-refractivity contribution < 1.29 is 9.53 Å². The van der Waals surface area contributed by atoms with E-state index in [-0.39, 0.29) is 5.97 Å². The van der Waals surface area contributed by atoms with Gasteiger partial charge in [-0.15, -0.1) is 0 Å². The molecule has 1 N–H and O–H groups in total. The molecule has 0 radical (unpaired) electrons. The minimum Gasteiger partial charge on any atom is -0.465 e. The minimum absolute atomic E-state index is 0.315. The van der Waals surface area contributed by atoms with Crippen LogP contribution in [0.3, 0.4) is 0 Å². The average Bonchev–Trinajstić information content (AvgIpc) is 2.27. The molecule has 0 amide bonds. The quantitative estimate of drug-likeness (QED) is 0.815. The maximum atomic E-state index is 11.8. The minimum atomic E-state index is -0.539. The summed E-state index contributed by atoms with van der Waals surface area (Å²) >= 11 is 6.72. The summed E-state index contributed by atoms with van der Waals surface area (Å²) < 4.78 is 6.65. The van der Waals surface area contributed by atoms with Crippen LogP contribution < -0.4 is 5.32 Å². The first-order valence-electron chi connectivity index (χ1n) is 5.31. The van der Waals surface area contributed by atoms with E-state index < -0.39 is 6.04 Å². The van der Waals surface area contributed by atoms with E-state index in [9.17, 15) is 4.79 Å². The lowest BCUT2D eigenvalue weighted by atomic mass is 10.2. The second kappa shape index (κ2) is 7.08. The predicted octanol–water partition coefficient (Wildman–Crippen LogP) is 2.82. The first kappa shape index (κ1) is 14.6. The van der Waals surface area contributed by atoms with Gasteiger partial charge in [-0.25, -0.2) is 4.79 Å². The van der Waals surface area contributed by atoms with Gasteiger partial charge in [-0.05, 0) is 51.4 Å². The molecule has 0 saturated carbocycles. The van der Waals surface area contributed by atoms with Crippen molar-refractivity contribution in [2.24, 2.45) is 0 Å². The van der Waals surface area contributed by atoms with Gasteiger partial charge in [0, 0.05) is 15.1 Å². The van der Waals surface area contributed by atoms with Crippen molar-refractivity contribution in [3.8, 4) is 0 Å². The molecule has 4 nitrogen and oxygen atoms in total. The first-order valence-corrected chi connectivity index (χ1v) is 6.89. The molecule has 0 aliphatic heterocycles. The fourth-order valence-corrected chi connectivity index (χ4v) is 2.58. The number of carbonyl (C=O) groups excluding carboxylic acids is 1. The molecule has 0 spiro atoms. The van der Waals surface area contributed by atoms with Gasteiger partial charge in [0.25, 0.3) is 0 Å². The molecule has 1 heterocycles. The van der Waals surface area contributed by atoms with Gasteiger partial charge in [0.2, 0.25) is 0 Å². The SMILES string of the molecule is CCNC(C(=O)OCC)c1ncc(Br)cc1Br. The molecular weight excluding hydrogens is 352 g/mol. The Kier molecular flexibility index (Phi) is 6.08. The fraction of sp³-hybridized carbons (Fsp3) is 0.455. The Bertz CT molecular complexity index is 399. The highest BCUT2D eigenvalue weighted by molar-refractivity contribution is 9.11. The van der Waals surface area contributed by atoms with Crippen LogP contribution in [0.2, 0.25) is 0 Å². The van der Waals surface area contributed by atoms with Crippen LogP contribution in [0, 0.1) is 0 Å². The molecule has 0 aromatic carbocycles. The van der Waals surface area contributed by atoms with Gasteiger partial charge in [0.15, 0.2) is 0 Å². The standard InChI is InChI=1S/C11H14Br2N2O2/c1-3-14-10(11(16)17-4-2)9-8(13)5-7(12)6-15-9/h5-6,10,14H,3-4H2,1-2H3.